The molecule has 2 rings (SSSR count). The number of hydrogen-bond acceptors (Lipinski definition) is 5. The first-order chi connectivity index (χ1) is 8.45. The van der Waals surface area contributed by atoms with Gasteiger partial charge < -0.3 is 21.3 Å². The van der Waals surface area contributed by atoms with Crippen LogP contribution in [-0.2, 0) is 14.4 Å². The van der Waals surface area contributed by atoms with Gasteiger partial charge in [0.05, 0.1) is 6.04 Å². The number of nitrogens with two attached hydrogens (primary N) is 1. The zero-order valence-electron chi connectivity index (χ0n) is 10.5. The highest BCUT2D eigenvalue weighted by Crippen LogP contribution is 2.23. The van der Waals surface area contributed by atoms with Gasteiger partial charge in [-0.05, 0) is 14.0 Å². The van der Waals surface area contributed by atoms with E-state index in [2.05, 4.69) is 10.6 Å². The van der Waals surface area contributed by atoms with Gasteiger partial charge in [-0.3, -0.25) is 14.4 Å². The number of ketones is 1. The van der Waals surface area contributed by atoms with E-state index >= 15 is 0 Å². The summed E-state index contributed by atoms with van der Waals surface area (Å²) >= 11 is 0. The Morgan fingerprint density at radius 2 is 2.22 bits per heavy atom. The fraction of sp³-hybridized carbons (Fsp3) is 0.727. The maximum atomic E-state index is 12.2. The first-order valence-electron chi connectivity index (χ1n) is 5.99. The Bertz CT molecular complexity index is 398. The fourth-order valence-electron chi connectivity index (χ4n) is 2.73. The molecule has 0 radical (unpaired) electrons. The smallest absolute Gasteiger partial charge is 0.246 e. The van der Waals surface area contributed by atoms with E-state index in [1.165, 1.54) is 11.8 Å². The molecule has 0 spiro atoms. The van der Waals surface area contributed by atoms with Gasteiger partial charge in [0.25, 0.3) is 0 Å². The largest absolute Gasteiger partial charge is 0.342 e. The van der Waals surface area contributed by atoms with Crippen LogP contribution in [0, 0.1) is 0 Å². The topological polar surface area (TPSA) is 105 Å². The fourth-order valence-corrected chi connectivity index (χ4v) is 2.73. The molecule has 2 amide bonds. The van der Waals surface area contributed by atoms with Gasteiger partial charge in [0.1, 0.15) is 17.9 Å². The molecule has 2 heterocycles. The van der Waals surface area contributed by atoms with Gasteiger partial charge in [0, 0.05) is 19.0 Å². The van der Waals surface area contributed by atoms with Gasteiger partial charge in [0.15, 0.2) is 0 Å². The second-order valence-electron chi connectivity index (χ2n) is 4.88. The van der Waals surface area contributed by atoms with Gasteiger partial charge in [-0.25, -0.2) is 0 Å². The summed E-state index contributed by atoms with van der Waals surface area (Å²) in [5, 5.41) is 5.58. The normalized spacial score (nSPS) is 35.4. The van der Waals surface area contributed by atoms with Crippen molar-refractivity contribution >= 4 is 17.6 Å². The van der Waals surface area contributed by atoms with E-state index in [0.717, 1.165) is 0 Å². The summed E-state index contributed by atoms with van der Waals surface area (Å²) in [5.41, 5.74) is 5.92. The summed E-state index contributed by atoms with van der Waals surface area (Å²) in [4.78, 5) is 36.8. The lowest BCUT2D eigenvalue weighted by Crippen LogP contribution is -2.65. The summed E-state index contributed by atoms with van der Waals surface area (Å²) in [6.45, 7) is 1.74. The zero-order chi connectivity index (χ0) is 13.4. The number of Topliss-reactive ketones (excluding diaryl/α,β-unsaturated/α-hetero) is 1. The summed E-state index contributed by atoms with van der Waals surface area (Å²) in [6.07, 6.45) is 0.0350. The molecule has 2 aliphatic rings. The van der Waals surface area contributed by atoms with Crippen molar-refractivity contribution < 1.29 is 14.4 Å². The average Bonchev–Trinajstić information content (AvgIpc) is 2.62. The molecule has 0 aliphatic carbocycles. The van der Waals surface area contributed by atoms with Gasteiger partial charge in [-0.2, -0.15) is 0 Å². The third-order valence-electron chi connectivity index (χ3n) is 3.54. The van der Waals surface area contributed by atoms with Crippen molar-refractivity contribution in [2.75, 3.05) is 13.6 Å². The van der Waals surface area contributed by atoms with E-state index in [9.17, 15) is 14.4 Å². The van der Waals surface area contributed by atoms with Gasteiger partial charge in [-0.15, -0.1) is 0 Å². The molecular weight excluding hydrogens is 236 g/mol. The second kappa shape index (κ2) is 4.66. The van der Waals surface area contributed by atoms with Gasteiger partial charge in [0.2, 0.25) is 11.8 Å². The highest BCUT2D eigenvalue weighted by molar-refractivity contribution is 6.00. The van der Waals surface area contributed by atoms with Crippen LogP contribution in [0.25, 0.3) is 0 Å². The number of likely N-dealkylation sites (N-methyl/N-ethyl adjacent to an activating group) is 1. The van der Waals surface area contributed by atoms with Crippen molar-refractivity contribution in [3.63, 3.8) is 0 Å². The molecule has 2 saturated heterocycles. The van der Waals surface area contributed by atoms with Crippen LogP contribution in [0.4, 0.5) is 0 Å². The van der Waals surface area contributed by atoms with E-state index in [-0.39, 0.29) is 36.1 Å². The number of nitrogens with zero attached hydrogens (tertiary/aromatic N) is 1. The Labute approximate surface area is 105 Å². The number of fused-ring (bicyclic) bond motifs is 1. The molecule has 4 atom stereocenters. The van der Waals surface area contributed by atoms with Crippen molar-refractivity contribution in [2.24, 2.45) is 5.73 Å². The summed E-state index contributed by atoms with van der Waals surface area (Å²) in [5.74, 6) is -0.586. The molecule has 0 saturated carbocycles. The lowest BCUT2D eigenvalue weighted by atomic mass is 10.0. The molecule has 2 aliphatic heterocycles. The maximum absolute atomic E-state index is 12.2. The van der Waals surface area contributed by atoms with Crippen molar-refractivity contribution in [3.05, 3.63) is 0 Å². The first kappa shape index (κ1) is 13.0. The summed E-state index contributed by atoms with van der Waals surface area (Å²) in [7, 11) is 1.72. The molecule has 100 valence electrons. The number of rotatable bonds is 3. The quantitative estimate of drug-likeness (QED) is 0.520. The first-order valence-corrected chi connectivity index (χ1v) is 5.99. The molecule has 18 heavy (non-hydrogen) atoms. The van der Waals surface area contributed by atoms with Crippen molar-refractivity contribution in [1.82, 2.24) is 15.5 Å². The van der Waals surface area contributed by atoms with Crippen LogP contribution in [0.1, 0.15) is 13.3 Å². The lowest BCUT2D eigenvalue weighted by molar-refractivity contribution is -0.148. The maximum Gasteiger partial charge on any atom is 0.246 e. The van der Waals surface area contributed by atoms with Gasteiger partial charge in [-0.1, -0.05) is 0 Å². The number of hydrogen-bond donors (Lipinski definition) is 3. The minimum absolute atomic E-state index is 0.0350. The Kier molecular flexibility index (Phi) is 3.36. The number of amides is 2. The minimum Gasteiger partial charge on any atom is -0.342 e. The standard InChI is InChI=1S/C11H18N4O3/c1-5(16)3-7-11(18)15-4-6(12)8(13-2)9(15)10(17)14-7/h6-9,13H,3-4,12H2,1-2H3,(H,14,17). The molecule has 2 fully saturated rings. The van der Waals surface area contributed by atoms with E-state index in [1.54, 1.807) is 7.05 Å². The summed E-state index contributed by atoms with van der Waals surface area (Å²) in [6, 6.07) is -1.83. The minimum atomic E-state index is -0.742. The monoisotopic (exact) mass is 254 g/mol. The van der Waals surface area contributed by atoms with Crippen molar-refractivity contribution in [1.29, 1.82) is 0 Å². The van der Waals surface area contributed by atoms with Crippen LogP contribution < -0.4 is 16.4 Å². The molecule has 0 bridgehead atoms. The Hall–Kier alpha value is -1.47. The van der Waals surface area contributed by atoms with E-state index in [4.69, 9.17) is 5.73 Å². The average molecular weight is 254 g/mol. The number of carbonyl (C=O) groups excluding carboxylic acids is 3. The van der Waals surface area contributed by atoms with Crippen molar-refractivity contribution in [3.8, 4) is 0 Å². The molecule has 4 N–H and O–H groups in total. The van der Waals surface area contributed by atoms with Crippen LogP contribution in [0.15, 0.2) is 0 Å². The van der Waals surface area contributed by atoms with Gasteiger partial charge >= 0.3 is 0 Å². The molecule has 7 nitrogen and oxygen atoms in total. The molecule has 4 unspecified atom stereocenters. The Morgan fingerprint density at radius 1 is 1.56 bits per heavy atom. The zero-order valence-corrected chi connectivity index (χ0v) is 10.5. The summed E-state index contributed by atoms with van der Waals surface area (Å²) < 4.78 is 0. The molecule has 0 aromatic carbocycles. The van der Waals surface area contributed by atoms with Crippen LogP contribution in [-0.4, -0.2) is 60.3 Å². The molecular formula is C11H18N4O3. The Balaban J connectivity index is 2.20. The van der Waals surface area contributed by atoms with E-state index < -0.39 is 12.1 Å². The molecule has 0 aromatic heterocycles. The number of piperazine rings is 1. The van der Waals surface area contributed by atoms with Crippen LogP contribution in [0.2, 0.25) is 0 Å². The SMILES string of the molecule is CNC1C(N)CN2C(=O)C(CC(C)=O)NC(=O)C12. The third kappa shape index (κ3) is 1.99. The van der Waals surface area contributed by atoms with Crippen LogP contribution >= 0.6 is 0 Å². The molecule has 7 heteroatoms. The highest BCUT2D eigenvalue weighted by atomic mass is 16.2. The highest BCUT2D eigenvalue weighted by Gasteiger charge is 2.51. The van der Waals surface area contributed by atoms with Crippen molar-refractivity contribution in [2.45, 2.75) is 37.5 Å². The Morgan fingerprint density at radius 3 is 2.78 bits per heavy atom. The van der Waals surface area contributed by atoms with Crippen LogP contribution in [0.3, 0.4) is 0 Å². The number of nitrogens with one attached hydrogen (secondary N) is 2. The van der Waals surface area contributed by atoms with E-state index in [0.29, 0.717) is 6.54 Å². The third-order valence-corrected chi connectivity index (χ3v) is 3.54. The predicted molar refractivity (Wildman–Crippen MR) is 63.6 cm³/mol. The lowest BCUT2D eigenvalue weighted by Gasteiger charge is -2.35. The second-order valence-corrected chi connectivity index (χ2v) is 4.88. The van der Waals surface area contributed by atoms with Crippen LogP contribution in [0.5, 0.6) is 0 Å². The predicted octanol–water partition coefficient (Wildman–Crippen LogP) is -2.41. The molecule has 0 aromatic rings. The van der Waals surface area contributed by atoms with E-state index in [1.807, 2.05) is 0 Å². The number of carbonyl (C=O) groups is 3.